The molecule has 0 radical (unpaired) electrons. The monoisotopic (exact) mass is 327 g/mol. The molecule has 0 saturated carbocycles. The van der Waals surface area contributed by atoms with Crippen LogP contribution in [0.3, 0.4) is 0 Å². The van der Waals surface area contributed by atoms with Gasteiger partial charge in [-0.1, -0.05) is 42.8 Å². The minimum absolute atomic E-state index is 0.283. The van der Waals surface area contributed by atoms with E-state index in [4.69, 9.17) is 0 Å². The molecule has 3 rings (SSSR count). The van der Waals surface area contributed by atoms with Gasteiger partial charge in [-0.3, -0.25) is 4.21 Å². The lowest BCUT2D eigenvalue weighted by molar-refractivity contribution is 0.437. The summed E-state index contributed by atoms with van der Waals surface area (Å²) in [5.41, 5.74) is 4.20. The van der Waals surface area contributed by atoms with Crippen molar-refractivity contribution >= 4 is 10.8 Å². The van der Waals surface area contributed by atoms with Crippen LogP contribution in [0.2, 0.25) is 0 Å². The Morgan fingerprint density at radius 2 is 1.83 bits per heavy atom. The van der Waals surface area contributed by atoms with E-state index in [2.05, 4.69) is 48.6 Å². The summed E-state index contributed by atoms with van der Waals surface area (Å²) >= 11 is 0. The number of aryl methyl sites for hydroxylation is 1. The predicted molar refractivity (Wildman–Crippen MR) is 97.1 cm³/mol. The fourth-order valence-electron chi connectivity index (χ4n) is 3.44. The number of hydrogen-bond acceptors (Lipinski definition) is 2. The van der Waals surface area contributed by atoms with Gasteiger partial charge < -0.3 is 5.32 Å². The van der Waals surface area contributed by atoms with E-state index in [9.17, 15) is 4.21 Å². The fraction of sp³-hybridized carbons (Fsp3) is 0.400. The first-order valence-corrected chi connectivity index (χ1v) is 9.98. The quantitative estimate of drug-likeness (QED) is 0.835. The zero-order valence-electron chi connectivity index (χ0n) is 13.9. The first-order valence-electron chi connectivity index (χ1n) is 8.42. The molecule has 0 unspecified atom stereocenters. The zero-order valence-corrected chi connectivity index (χ0v) is 14.7. The second kappa shape index (κ2) is 7.41. The van der Waals surface area contributed by atoms with Crippen molar-refractivity contribution in [3.63, 3.8) is 0 Å². The molecule has 2 aromatic carbocycles. The predicted octanol–water partition coefficient (Wildman–Crippen LogP) is 4.54. The summed E-state index contributed by atoms with van der Waals surface area (Å²) in [6, 6.07) is 17.7. The van der Waals surface area contributed by atoms with Gasteiger partial charge in [0.1, 0.15) is 0 Å². The molecule has 0 aliphatic heterocycles. The number of benzene rings is 2. The molecule has 0 spiro atoms. The van der Waals surface area contributed by atoms with E-state index in [0.717, 1.165) is 4.90 Å². The molecule has 0 aromatic heterocycles. The highest BCUT2D eigenvalue weighted by atomic mass is 32.2. The van der Waals surface area contributed by atoms with Gasteiger partial charge in [0.25, 0.3) is 0 Å². The standard InChI is InChI=1S/C20H25NOS/c1-15(16-11-13-18(14-12-16)23(2)22)21-20-10-6-4-8-17-7-3-5-9-19(17)20/h3,5,7,9,11-15,20-21H,4,6,8,10H2,1-2H3/t15-,20-,23+/m0/s1. The van der Waals surface area contributed by atoms with Crippen LogP contribution in [0.25, 0.3) is 0 Å². The summed E-state index contributed by atoms with van der Waals surface area (Å²) in [7, 11) is -0.909. The molecule has 122 valence electrons. The Morgan fingerprint density at radius 3 is 2.57 bits per heavy atom. The minimum Gasteiger partial charge on any atom is -0.303 e. The van der Waals surface area contributed by atoms with Crippen LogP contribution in [0, 0.1) is 0 Å². The number of nitrogens with one attached hydrogen (secondary N) is 1. The Morgan fingerprint density at radius 1 is 1.09 bits per heavy atom. The van der Waals surface area contributed by atoms with Gasteiger partial charge in [-0.25, -0.2) is 0 Å². The van der Waals surface area contributed by atoms with Gasteiger partial charge >= 0.3 is 0 Å². The first-order chi connectivity index (χ1) is 11.1. The van der Waals surface area contributed by atoms with Gasteiger partial charge in [0, 0.05) is 34.0 Å². The van der Waals surface area contributed by atoms with Crippen LogP contribution in [0.1, 0.15) is 55.0 Å². The Labute approximate surface area is 141 Å². The van der Waals surface area contributed by atoms with Crippen molar-refractivity contribution in [2.24, 2.45) is 0 Å². The highest BCUT2D eigenvalue weighted by molar-refractivity contribution is 7.84. The van der Waals surface area contributed by atoms with Crippen LogP contribution in [0.5, 0.6) is 0 Å². The highest BCUT2D eigenvalue weighted by Gasteiger charge is 2.20. The van der Waals surface area contributed by atoms with E-state index in [1.807, 2.05) is 12.1 Å². The Balaban J connectivity index is 1.77. The molecule has 3 heteroatoms. The van der Waals surface area contributed by atoms with Gasteiger partial charge in [-0.05, 0) is 55.0 Å². The summed E-state index contributed by atoms with van der Waals surface area (Å²) in [6.45, 7) is 2.21. The molecule has 0 amide bonds. The molecule has 2 aromatic rings. The van der Waals surface area contributed by atoms with Crippen molar-refractivity contribution in [3.05, 3.63) is 65.2 Å². The van der Waals surface area contributed by atoms with E-state index >= 15 is 0 Å². The Bertz CT molecular complexity index is 680. The van der Waals surface area contributed by atoms with Crippen LogP contribution in [-0.2, 0) is 17.2 Å². The molecule has 0 saturated heterocycles. The molecule has 1 N–H and O–H groups in total. The minimum atomic E-state index is -0.909. The maximum Gasteiger partial charge on any atom is 0.0498 e. The molecular formula is C20H25NOS. The van der Waals surface area contributed by atoms with E-state index in [0.29, 0.717) is 6.04 Å². The van der Waals surface area contributed by atoms with Crippen molar-refractivity contribution < 1.29 is 4.21 Å². The van der Waals surface area contributed by atoms with E-state index < -0.39 is 10.8 Å². The molecule has 1 aliphatic rings. The van der Waals surface area contributed by atoms with Crippen LogP contribution >= 0.6 is 0 Å². The summed E-state index contributed by atoms with van der Waals surface area (Å²) < 4.78 is 11.5. The second-order valence-electron chi connectivity index (χ2n) is 6.41. The lowest BCUT2D eigenvalue weighted by Crippen LogP contribution is -2.25. The summed E-state index contributed by atoms with van der Waals surface area (Å²) in [5, 5.41) is 3.80. The summed E-state index contributed by atoms with van der Waals surface area (Å²) in [5.74, 6) is 0. The van der Waals surface area contributed by atoms with E-state index in [1.165, 1.54) is 42.4 Å². The molecule has 1 aliphatic carbocycles. The van der Waals surface area contributed by atoms with Crippen molar-refractivity contribution in [2.75, 3.05) is 6.26 Å². The molecule has 0 bridgehead atoms. The third kappa shape index (κ3) is 3.91. The normalized spacial score (nSPS) is 20.3. The van der Waals surface area contributed by atoms with Gasteiger partial charge in [-0.15, -0.1) is 0 Å². The summed E-state index contributed by atoms with van der Waals surface area (Å²) in [6.07, 6.45) is 6.66. The fourth-order valence-corrected chi connectivity index (χ4v) is 3.96. The Kier molecular flexibility index (Phi) is 5.29. The summed E-state index contributed by atoms with van der Waals surface area (Å²) in [4.78, 5) is 0.890. The molecule has 2 nitrogen and oxygen atoms in total. The van der Waals surface area contributed by atoms with Crippen LogP contribution in [0.15, 0.2) is 53.4 Å². The maximum atomic E-state index is 11.5. The molecule has 0 fully saturated rings. The van der Waals surface area contributed by atoms with Gasteiger partial charge in [-0.2, -0.15) is 0 Å². The van der Waals surface area contributed by atoms with E-state index in [-0.39, 0.29) is 6.04 Å². The number of hydrogen-bond donors (Lipinski definition) is 1. The van der Waals surface area contributed by atoms with Crippen LogP contribution < -0.4 is 5.32 Å². The second-order valence-corrected chi connectivity index (χ2v) is 7.79. The average Bonchev–Trinajstić information content (AvgIpc) is 2.77. The maximum absolute atomic E-state index is 11.5. The average molecular weight is 327 g/mol. The molecule has 23 heavy (non-hydrogen) atoms. The molecular weight excluding hydrogens is 302 g/mol. The van der Waals surface area contributed by atoms with Crippen LogP contribution in [-0.4, -0.2) is 10.5 Å². The Hall–Kier alpha value is -1.45. The first kappa shape index (κ1) is 16.4. The highest BCUT2D eigenvalue weighted by Crippen LogP contribution is 2.30. The van der Waals surface area contributed by atoms with Crippen molar-refractivity contribution in [3.8, 4) is 0 Å². The van der Waals surface area contributed by atoms with Crippen molar-refractivity contribution in [1.82, 2.24) is 5.32 Å². The number of rotatable bonds is 4. The SMILES string of the molecule is C[C@H](N[C@H]1CCCCc2ccccc21)c1ccc([S@@](C)=O)cc1. The third-order valence-corrected chi connectivity index (χ3v) is 5.72. The van der Waals surface area contributed by atoms with Crippen LogP contribution in [0.4, 0.5) is 0 Å². The molecule has 3 atom stereocenters. The lowest BCUT2D eigenvalue weighted by atomic mass is 9.97. The van der Waals surface area contributed by atoms with Gasteiger partial charge in [0.2, 0.25) is 0 Å². The van der Waals surface area contributed by atoms with Crippen molar-refractivity contribution in [1.29, 1.82) is 0 Å². The van der Waals surface area contributed by atoms with E-state index in [1.54, 1.807) is 6.26 Å². The van der Waals surface area contributed by atoms with Gasteiger partial charge in [0.15, 0.2) is 0 Å². The third-order valence-electron chi connectivity index (χ3n) is 4.78. The zero-order chi connectivity index (χ0) is 16.2. The smallest absolute Gasteiger partial charge is 0.0498 e. The number of fused-ring (bicyclic) bond motifs is 1. The lowest BCUT2D eigenvalue weighted by Gasteiger charge is -2.24. The van der Waals surface area contributed by atoms with Crippen molar-refractivity contribution in [2.45, 2.75) is 49.6 Å². The molecule has 0 heterocycles. The topological polar surface area (TPSA) is 29.1 Å². The largest absolute Gasteiger partial charge is 0.303 e. The van der Waals surface area contributed by atoms with Gasteiger partial charge in [0.05, 0.1) is 0 Å².